The van der Waals surface area contributed by atoms with Gasteiger partial charge in [-0.2, -0.15) is 0 Å². The highest BCUT2D eigenvalue weighted by Crippen LogP contribution is 2.21. The van der Waals surface area contributed by atoms with Gasteiger partial charge in [-0.3, -0.25) is 0 Å². The molecule has 0 saturated carbocycles. The first-order chi connectivity index (χ1) is 8.70. The van der Waals surface area contributed by atoms with Crippen LogP contribution in [0.2, 0.25) is 5.02 Å². The third-order valence-corrected chi connectivity index (χ3v) is 3.86. The second kappa shape index (κ2) is 6.53. The fourth-order valence-corrected chi connectivity index (χ4v) is 2.43. The molecule has 0 aromatic heterocycles. The lowest BCUT2D eigenvalue weighted by Gasteiger charge is -2.20. The van der Waals surface area contributed by atoms with Crippen molar-refractivity contribution in [1.82, 2.24) is 5.32 Å². The first-order valence-corrected chi connectivity index (χ1v) is 6.89. The Kier molecular flexibility index (Phi) is 5.01. The highest BCUT2D eigenvalue weighted by atomic mass is 35.5. The Bertz CT molecular complexity index is 391. The lowest BCUT2D eigenvalue weighted by atomic mass is 10.0. The van der Waals surface area contributed by atoms with Crippen LogP contribution in [0.4, 0.5) is 0 Å². The predicted molar refractivity (Wildman–Crippen MR) is 75.0 cm³/mol. The second-order valence-corrected chi connectivity index (χ2v) is 5.25. The highest BCUT2D eigenvalue weighted by Gasteiger charge is 2.17. The van der Waals surface area contributed by atoms with Crippen LogP contribution in [0.25, 0.3) is 0 Å². The van der Waals surface area contributed by atoms with E-state index in [9.17, 15) is 0 Å². The fourth-order valence-electron chi connectivity index (χ4n) is 2.24. The van der Waals surface area contributed by atoms with Crippen LogP contribution in [-0.2, 0) is 4.74 Å². The maximum atomic E-state index is 6.15. The Morgan fingerprint density at radius 3 is 3.00 bits per heavy atom. The quantitative estimate of drug-likeness (QED) is 0.862. The third kappa shape index (κ3) is 3.45. The largest absolute Gasteiger partial charge is 0.377 e. The number of nitrogens with one attached hydrogen (secondary N) is 1. The van der Waals surface area contributed by atoms with Gasteiger partial charge in [0.15, 0.2) is 0 Å². The van der Waals surface area contributed by atoms with Crippen LogP contribution in [0, 0.1) is 6.92 Å². The van der Waals surface area contributed by atoms with Crippen LogP contribution in [0.1, 0.15) is 30.0 Å². The van der Waals surface area contributed by atoms with Gasteiger partial charge in [0, 0.05) is 30.8 Å². The topological polar surface area (TPSA) is 47.3 Å². The van der Waals surface area contributed by atoms with Gasteiger partial charge in [-0.05, 0) is 37.0 Å². The molecule has 0 spiro atoms. The number of nitrogens with two attached hydrogens (primary N) is 1. The van der Waals surface area contributed by atoms with Crippen LogP contribution < -0.4 is 11.1 Å². The number of ether oxygens (including phenoxy) is 1. The number of halogens is 1. The maximum absolute atomic E-state index is 6.15. The van der Waals surface area contributed by atoms with Crippen molar-refractivity contribution in [3.05, 3.63) is 34.3 Å². The van der Waals surface area contributed by atoms with Crippen LogP contribution in [0.3, 0.4) is 0 Å². The maximum Gasteiger partial charge on any atom is 0.0700 e. The SMILES string of the molecule is Cc1ccc(C(CN)NCC2CCCO2)cc1Cl. The molecule has 0 aliphatic carbocycles. The van der Waals surface area contributed by atoms with Crippen molar-refractivity contribution >= 4 is 11.6 Å². The molecule has 1 heterocycles. The molecule has 0 amide bonds. The zero-order valence-electron chi connectivity index (χ0n) is 10.8. The van der Waals surface area contributed by atoms with Gasteiger partial charge >= 0.3 is 0 Å². The molecular weight excluding hydrogens is 248 g/mol. The van der Waals surface area contributed by atoms with E-state index >= 15 is 0 Å². The van der Waals surface area contributed by atoms with Gasteiger partial charge in [0.25, 0.3) is 0 Å². The standard InChI is InChI=1S/C14H21ClN2O/c1-10-4-5-11(7-13(10)15)14(8-16)17-9-12-3-2-6-18-12/h4-5,7,12,14,17H,2-3,6,8-9,16H2,1H3. The molecule has 3 N–H and O–H groups in total. The summed E-state index contributed by atoms with van der Waals surface area (Å²) in [6, 6.07) is 6.26. The molecule has 18 heavy (non-hydrogen) atoms. The molecule has 100 valence electrons. The Balaban J connectivity index is 1.96. The van der Waals surface area contributed by atoms with E-state index in [0.717, 1.165) is 42.1 Å². The van der Waals surface area contributed by atoms with Crippen molar-refractivity contribution in [2.24, 2.45) is 5.73 Å². The minimum absolute atomic E-state index is 0.146. The van der Waals surface area contributed by atoms with Crippen molar-refractivity contribution in [2.45, 2.75) is 31.9 Å². The number of benzene rings is 1. The molecule has 1 fully saturated rings. The van der Waals surface area contributed by atoms with E-state index in [0.29, 0.717) is 12.6 Å². The zero-order valence-corrected chi connectivity index (χ0v) is 11.5. The van der Waals surface area contributed by atoms with Crippen molar-refractivity contribution in [3.8, 4) is 0 Å². The van der Waals surface area contributed by atoms with E-state index in [1.165, 1.54) is 0 Å². The van der Waals surface area contributed by atoms with E-state index in [1.54, 1.807) is 0 Å². The lowest BCUT2D eigenvalue weighted by Crippen LogP contribution is -2.34. The molecule has 4 heteroatoms. The number of hydrogen-bond acceptors (Lipinski definition) is 3. The molecule has 1 saturated heterocycles. The first-order valence-electron chi connectivity index (χ1n) is 6.52. The van der Waals surface area contributed by atoms with Crippen molar-refractivity contribution in [1.29, 1.82) is 0 Å². The minimum atomic E-state index is 0.146. The van der Waals surface area contributed by atoms with Crippen LogP contribution >= 0.6 is 11.6 Å². The zero-order chi connectivity index (χ0) is 13.0. The van der Waals surface area contributed by atoms with Gasteiger partial charge in [-0.15, -0.1) is 0 Å². The van der Waals surface area contributed by atoms with Gasteiger partial charge in [-0.1, -0.05) is 23.7 Å². The molecule has 2 rings (SSSR count). The summed E-state index contributed by atoms with van der Waals surface area (Å²) in [5.74, 6) is 0. The van der Waals surface area contributed by atoms with Crippen LogP contribution in [-0.4, -0.2) is 25.8 Å². The monoisotopic (exact) mass is 268 g/mol. The summed E-state index contributed by atoms with van der Waals surface area (Å²) < 4.78 is 5.60. The summed E-state index contributed by atoms with van der Waals surface area (Å²) in [6.45, 7) is 4.30. The van der Waals surface area contributed by atoms with E-state index in [-0.39, 0.29) is 6.04 Å². The molecule has 1 aromatic rings. The Labute approximate surface area is 114 Å². The summed E-state index contributed by atoms with van der Waals surface area (Å²) >= 11 is 6.15. The number of hydrogen-bond donors (Lipinski definition) is 2. The van der Waals surface area contributed by atoms with Crippen molar-refractivity contribution in [3.63, 3.8) is 0 Å². The molecular formula is C14H21ClN2O. The molecule has 1 aliphatic heterocycles. The van der Waals surface area contributed by atoms with Crippen LogP contribution in [0.5, 0.6) is 0 Å². The average molecular weight is 269 g/mol. The summed E-state index contributed by atoms with van der Waals surface area (Å²) in [7, 11) is 0. The highest BCUT2D eigenvalue weighted by molar-refractivity contribution is 6.31. The number of rotatable bonds is 5. The number of aryl methyl sites for hydroxylation is 1. The normalized spacial score (nSPS) is 21.2. The van der Waals surface area contributed by atoms with E-state index < -0.39 is 0 Å². The smallest absolute Gasteiger partial charge is 0.0700 e. The van der Waals surface area contributed by atoms with Crippen LogP contribution in [0.15, 0.2) is 18.2 Å². The van der Waals surface area contributed by atoms with Crippen molar-refractivity contribution in [2.75, 3.05) is 19.7 Å². The molecule has 1 aromatic carbocycles. The molecule has 0 radical (unpaired) electrons. The van der Waals surface area contributed by atoms with Gasteiger partial charge in [-0.25, -0.2) is 0 Å². The van der Waals surface area contributed by atoms with E-state index in [4.69, 9.17) is 22.1 Å². The Hall–Kier alpha value is -0.610. The Morgan fingerprint density at radius 2 is 2.39 bits per heavy atom. The molecule has 3 nitrogen and oxygen atoms in total. The van der Waals surface area contributed by atoms with Gasteiger partial charge in [0.1, 0.15) is 0 Å². The Morgan fingerprint density at radius 1 is 1.56 bits per heavy atom. The van der Waals surface area contributed by atoms with E-state index in [1.807, 2.05) is 19.1 Å². The second-order valence-electron chi connectivity index (χ2n) is 4.84. The lowest BCUT2D eigenvalue weighted by molar-refractivity contribution is 0.107. The molecule has 2 unspecified atom stereocenters. The van der Waals surface area contributed by atoms with Gasteiger partial charge < -0.3 is 15.8 Å². The molecule has 1 aliphatic rings. The first kappa shape index (κ1) is 13.8. The van der Waals surface area contributed by atoms with Crippen molar-refractivity contribution < 1.29 is 4.74 Å². The van der Waals surface area contributed by atoms with Gasteiger partial charge in [0.2, 0.25) is 0 Å². The summed E-state index contributed by atoms with van der Waals surface area (Å²) in [4.78, 5) is 0. The summed E-state index contributed by atoms with van der Waals surface area (Å²) in [5.41, 5.74) is 8.07. The summed E-state index contributed by atoms with van der Waals surface area (Å²) in [5, 5.41) is 4.26. The average Bonchev–Trinajstić information content (AvgIpc) is 2.87. The minimum Gasteiger partial charge on any atom is -0.377 e. The summed E-state index contributed by atoms with van der Waals surface area (Å²) in [6.07, 6.45) is 2.63. The van der Waals surface area contributed by atoms with Gasteiger partial charge in [0.05, 0.1) is 6.10 Å². The molecule has 2 atom stereocenters. The third-order valence-electron chi connectivity index (χ3n) is 3.45. The predicted octanol–water partition coefficient (Wildman–Crippen LogP) is 2.42. The fraction of sp³-hybridized carbons (Fsp3) is 0.571. The molecule has 0 bridgehead atoms. The van der Waals surface area contributed by atoms with E-state index in [2.05, 4.69) is 11.4 Å².